The van der Waals surface area contributed by atoms with Gasteiger partial charge in [0.15, 0.2) is 0 Å². The highest BCUT2D eigenvalue weighted by molar-refractivity contribution is 5.81. The molecule has 0 N–H and O–H groups in total. The Bertz CT molecular complexity index is 1540. The summed E-state index contributed by atoms with van der Waals surface area (Å²) < 4.78 is 0. The van der Waals surface area contributed by atoms with Gasteiger partial charge in [0.05, 0.1) is 0 Å². The van der Waals surface area contributed by atoms with Crippen LogP contribution in [0, 0.1) is 13.8 Å². The van der Waals surface area contributed by atoms with Crippen LogP contribution < -0.4 is 9.80 Å². The summed E-state index contributed by atoms with van der Waals surface area (Å²) in [6.07, 6.45) is 5.84. The molecule has 0 fully saturated rings. The molecule has 0 saturated carbocycles. The van der Waals surface area contributed by atoms with E-state index in [9.17, 15) is 0 Å². The number of benzene rings is 5. The molecule has 0 heterocycles. The fraction of sp³-hybridized carbons (Fsp3) is 0.105. The normalized spacial score (nSPS) is 10.7. The summed E-state index contributed by atoms with van der Waals surface area (Å²) in [5, 5.41) is 0. The van der Waals surface area contributed by atoms with E-state index < -0.39 is 0 Å². The zero-order valence-electron chi connectivity index (χ0n) is 23.4. The van der Waals surface area contributed by atoms with Gasteiger partial charge in [0, 0.05) is 34.1 Å². The van der Waals surface area contributed by atoms with Gasteiger partial charge in [-0.2, -0.15) is 0 Å². The molecule has 0 bridgehead atoms. The van der Waals surface area contributed by atoms with E-state index in [1.807, 2.05) is 12.2 Å². The minimum atomic E-state index is 0.982. The van der Waals surface area contributed by atoms with Gasteiger partial charge >= 0.3 is 0 Å². The van der Waals surface area contributed by atoms with Crippen molar-refractivity contribution < 1.29 is 0 Å². The van der Waals surface area contributed by atoms with E-state index in [4.69, 9.17) is 0 Å². The lowest BCUT2D eigenvalue weighted by Crippen LogP contribution is -2.12. The van der Waals surface area contributed by atoms with Gasteiger partial charge in [-0.1, -0.05) is 78.4 Å². The van der Waals surface area contributed by atoms with Crippen molar-refractivity contribution in [2.75, 3.05) is 9.80 Å². The summed E-state index contributed by atoms with van der Waals surface area (Å²) in [5.74, 6) is 0. The predicted molar refractivity (Wildman–Crippen MR) is 174 cm³/mol. The Morgan fingerprint density at radius 3 is 1.15 bits per heavy atom. The average molecular weight is 521 g/mol. The summed E-state index contributed by atoms with van der Waals surface area (Å²) >= 11 is 0. The third kappa shape index (κ3) is 6.08. The molecular weight excluding hydrogens is 484 g/mol. The van der Waals surface area contributed by atoms with Crippen molar-refractivity contribution >= 4 is 40.2 Å². The SMILES string of the molecule is C=CCCc1ccc(N(c2ccc(C)cc2)c2ccc(N(c3ccc(C)cc3)c3ccc(C=C)cc3)cc2)cc1. The van der Waals surface area contributed by atoms with Crippen molar-refractivity contribution in [3.05, 3.63) is 163 Å². The second-order valence-corrected chi connectivity index (χ2v) is 10.1. The van der Waals surface area contributed by atoms with Gasteiger partial charge in [0.2, 0.25) is 0 Å². The van der Waals surface area contributed by atoms with Gasteiger partial charge in [-0.25, -0.2) is 0 Å². The predicted octanol–water partition coefficient (Wildman–Crippen LogP) is 11.0. The first-order valence-electron chi connectivity index (χ1n) is 13.8. The van der Waals surface area contributed by atoms with E-state index in [-0.39, 0.29) is 0 Å². The quantitative estimate of drug-likeness (QED) is 0.169. The van der Waals surface area contributed by atoms with Gasteiger partial charge in [0.1, 0.15) is 0 Å². The molecule has 0 unspecified atom stereocenters. The number of anilines is 6. The van der Waals surface area contributed by atoms with Crippen LogP contribution in [-0.2, 0) is 6.42 Å². The third-order valence-corrected chi connectivity index (χ3v) is 7.17. The number of aryl methyl sites for hydroxylation is 3. The highest BCUT2D eigenvalue weighted by Gasteiger charge is 2.16. The number of hydrogen-bond acceptors (Lipinski definition) is 2. The average Bonchev–Trinajstić information content (AvgIpc) is 3.00. The summed E-state index contributed by atoms with van der Waals surface area (Å²) in [7, 11) is 0. The monoisotopic (exact) mass is 520 g/mol. The Kier molecular flexibility index (Phi) is 8.27. The lowest BCUT2D eigenvalue weighted by Gasteiger charge is -2.28. The lowest BCUT2D eigenvalue weighted by molar-refractivity contribution is 1.00. The van der Waals surface area contributed by atoms with Crippen molar-refractivity contribution in [3.8, 4) is 0 Å². The van der Waals surface area contributed by atoms with Crippen LogP contribution in [0.1, 0.15) is 28.7 Å². The zero-order valence-corrected chi connectivity index (χ0v) is 23.4. The summed E-state index contributed by atoms with van der Waals surface area (Å²) in [6.45, 7) is 12.0. The van der Waals surface area contributed by atoms with Gasteiger partial charge in [-0.05, 0) is 111 Å². The standard InChI is InChI=1S/C38H36N2/c1-5-7-8-32-15-23-36(24-16-32)40(34-19-11-30(4)12-20-34)38-27-25-37(26-28-38)39(33-17-9-29(3)10-18-33)35-21-13-31(6-2)14-22-35/h5-6,9-28H,1-2,7-8H2,3-4H3. The second-order valence-electron chi connectivity index (χ2n) is 10.1. The molecule has 0 aromatic heterocycles. The minimum Gasteiger partial charge on any atom is -0.311 e. The Labute approximate surface area is 239 Å². The Morgan fingerprint density at radius 1 is 0.475 bits per heavy atom. The molecule has 0 aliphatic heterocycles. The number of rotatable bonds is 10. The van der Waals surface area contributed by atoms with Crippen molar-refractivity contribution in [2.45, 2.75) is 26.7 Å². The van der Waals surface area contributed by atoms with Crippen molar-refractivity contribution in [1.29, 1.82) is 0 Å². The Morgan fingerprint density at radius 2 is 0.800 bits per heavy atom. The van der Waals surface area contributed by atoms with Gasteiger partial charge in [-0.3, -0.25) is 0 Å². The molecular formula is C38H36N2. The molecule has 0 amide bonds. The van der Waals surface area contributed by atoms with Crippen LogP contribution in [0.2, 0.25) is 0 Å². The highest BCUT2D eigenvalue weighted by atomic mass is 15.2. The molecule has 40 heavy (non-hydrogen) atoms. The van der Waals surface area contributed by atoms with E-state index >= 15 is 0 Å². The van der Waals surface area contributed by atoms with E-state index in [0.29, 0.717) is 0 Å². The summed E-state index contributed by atoms with van der Waals surface area (Å²) in [4.78, 5) is 4.61. The largest absolute Gasteiger partial charge is 0.311 e. The second kappa shape index (κ2) is 12.4. The number of nitrogens with zero attached hydrogens (tertiary/aromatic N) is 2. The molecule has 0 spiro atoms. The first-order valence-corrected chi connectivity index (χ1v) is 13.8. The van der Waals surface area contributed by atoms with E-state index in [1.165, 1.54) is 16.7 Å². The van der Waals surface area contributed by atoms with Crippen molar-refractivity contribution in [2.24, 2.45) is 0 Å². The Balaban J connectivity index is 1.54. The topological polar surface area (TPSA) is 6.48 Å². The van der Waals surface area contributed by atoms with Crippen LogP contribution in [-0.4, -0.2) is 0 Å². The molecule has 2 nitrogen and oxygen atoms in total. The molecule has 0 atom stereocenters. The van der Waals surface area contributed by atoms with Crippen LogP contribution in [0.15, 0.2) is 141 Å². The van der Waals surface area contributed by atoms with E-state index in [0.717, 1.165) is 52.5 Å². The minimum absolute atomic E-state index is 0.982. The number of allylic oxidation sites excluding steroid dienone is 1. The molecule has 0 aliphatic rings. The highest BCUT2D eigenvalue weighted by Crippen LogP contribution is 2.39. The van der Waals surface area contributed by atoms with Crippen molar-refractivity contribution in [3.63, 3.8) is 0 Å². The third-order valence-electron chi connectivity index (χ3n) is 7.17. The fourth-order valence-electron chi connectivity index (χ4n) is 4.87. The molecule has 2 heteroatoms. The molecule has 0 aliphatic carbocycles. The smallest absolute Gasteiger partial charge is 0.0463 e. The summed E-state index contributed by atoms with van der Waals surface area (Å²) in [6, 6.07) is 43.6. The molecule has 0 saturated heterocycles. The molecule has 5 aromatic rings. The van der Waals surface area contributed by atoms with Crippen LogP contribution in [0.4, 0.5) is 34.1 Å². The van der Waals surface area contributed by atoms with E-state index in [1.54, 1.807) is 0 Å². The van der Waals surface area contributed by atoms with E-state index in [2.05, 4.69) is 158 Å². The molecule has 5 rings (SSSR count). The van der Waals surface area contributed by atoms with Crippen LogP contribution in [0.5, 0.6) is 0 Å². The Hall–Kier alpha value is -4.82. The maximum atomic E-state index is 3.91. The number of hydrogen-bond donors (Lipinski definition) is 0. The fourth-order valence-corrected chi connectivity index (χ4v) is 4.87. The molecule has 5 aromatic carbocycles. The summed E-state index contributed by atoms with van der Waals surface area (Å²) in [5.41, 5.74) is 11.6. The maximum Gasteiger partial charge on any atom is 0.0463 e. The molecule has 0 radical (unpaired) electrons. The molecule has 198 valence electrons. The van der Waals surface area contributed by atoms with Gasteiger partial charge < -0.3 is 9.80 Å². The lowest BCUT2D eigenvalue weighted by atomic mass is 10.1. The maximum absolute atomic E-state index is 3.91. The van der Waals surface area contributed by atoms with Crippen LogP contribution >= 0.6 is 0 Å². The first kappa shape index (κ1) is 26.8. The zero-order chi connectivity index (χ0) is 27.9. The van der Waals surface area contributed by atoms with Crippen molar-refractivity contribution in [1.82, 2.24) is 0 Å². The van der Waals surface area contributed by atoms with Gasteiger partial charge in [-0.15, -0.1) is 6.58 Å². The van der Waals surface area contributed by atoms with Gasteiger partial charge in [0.25, 0.3) is 0 Å². The van der Waals surface area contributed by atoms with Crippen LogP contribution in [0.3, 0.4) is 0 Å². The first-order chi connectivity index (χ1) is 19.6. The van der Waals surface area contributed by atoms with Crippen LogP contribution in [0.25, 0.3) is 6.08 Å².